The molecule has 5 heteroatoms. The molecule has 3 aromatic rings. The lowest BCUT2D eigenvalue weighted by Crippen LogP contribution is -2.35. The molecular weight excluding hydrogens is 362 g/mol. The summed E-state index contributed by atoms with van der Waals surface area (Å²) in [5, 5.41) is 9.20. The highest BCUT2D eigenvalue weighted by atomic mass is 16.1. The Morgan fingerprint density at radius 3 is 2.17 bits per heavy atom. The minimum atomic E-state index is -0.108. The number of ketones is 2. The molecule has 0 radical (unpaired) electrons. The zero-order valence-corrected chi connectivity index (χ0v) is 15.6. The zero-order valence-electron chi connectivity index (χ0n) is 15.6. The second-order valence-electron chi connectivity index (χ2n) is 7.71. The number of anilines is 3. The Balaban J connectivity index is 1.55. The highest BCUT2D eigenvalue weighted by Crippen LogP contribution is 2.51. The number of nitriles is 1. The molecule has 0 aromatic heterocycles. The average molecular weight is 377 g/mol. The highest BCUT2D eigenvalue weighted by Gasteiger charge is 2.42. The number of hydrogen-bond donors (Lipinski definition) is 0. The van der Waals surface area contributed by atoms with Crippen molar-refractivity contribution >= 4 is 28.6 Å². The number of carbonyl (C=O) groups excluding carboxylic acids is 2. The maximum absolute atomic E-state index is 13.1. The van der Waals surface area contributed by atoms with Gasteiger partial charge in [-0.05, 0) is 35.9 Å². The molecule has 3 aromatic carbocycles. The molecular formula is C24H15N3O2. The van der Waals surface area contributed by atoms with Crippen LogP contribution in [0.3, 0.4) is 0 Å². The van der Waals surface area contributed by atoms with Gasteiger partial charge in [0.2, 0.25) is 0 Å². The first-order valence-electron chi connectivity index (χ1n) is 9.50. The second-order valence-corrected chi connectivity index (χ2v) is 7.71. The number of benzene rings is 3. The van der Waals surface area contributed by atoms with Crippen molar-refractivity contribution in [1.29, 1.82) is 5.26 Å². The van der Waals surface area contributed by atoms with Crippen molar-refractivity contribution in [3.05, 3.63) is 88.0 Å². The minimum Gasteiger partial charge on any atom is -0.352 e. The summed E-state index contributed by atoms with van der Waals surface area (Å²) in [5.74, 6) is -0.208. The van der Waals surface area contributed by atoms with Gasteiger partial charge in [0.25, 0.3) is 0 Å². The molecule has 0 N–H and O–H groups in total. The van der Waals surface area contributed by atoms with Crippen LogP contribution in [0.2, 0.25) is 0 Å². The Morgan fingerprint density at radius 1 is 0.862 bits per heavy atom. The first kappa shape index (κ1) is 16.1. The second kappa shape index (κ2) is 5.33. The van der Waals surface area contributed by atoms with Crippen molar-refractivity contribution in [3.63, 3.8) is 0 Å². The summed E-state index contributed by atoms with van der Waals surface area (Å²) in [6, 6.07) is 18.7. The number of fused-ring (bicyclic) bond motifs is 7. The summed E-state index contributed by atoms with van der Waals surface area (Å²) >= 11 is 0. The Labute approximate surface area is 167 Å². The van der Waals surface area contributed by atoms with E-state index in [1.54, 1.807) is 24.3 Å². The molecule has 0 saturated carbocycles. The fourth-order valence-electron chi connectivity index (χ4n) is 4.86. The molecule has 1 aliphatic carbocycles. The molecule has 6 rings (SSSR count). The zero-order chi connectivity index (χ0) is 19.9. The van der Waals surface area contributed by atoms with Gasteiger partial charge in [-0.15, -0.1) is 0 Å². The lowest BCUT2D eigenvalue weighted by atomic mass is 9.83. The van der Waals surface area contributed by atoms with Gasteiger partial charge in [-0.25, -0.2) is 0 Å². The van der Waals surface area contributed by atoms with E-state index >= 15 is 0 Å². The third-order valence-electron chi connectivity index (χ3n) is 6.28. The molecule has 0 bridgehead atoms. The van der Waals surface area contributed by atoms with Crippen LogP contribution in [0.1, 0.15) is 43.0 Å². The van der Waals surface area contributed by atoms with E-state index in [9.17, 15) is 14.9 Å². The molecule has 1 atom stereocenters. The fourth-order valence-corrected chi connectivity index (χ4v) is 4.86. The monoisotopic (exact) mass is 377 g/mol. The SMILES string of the molecule is CN1c2cc3c(cc2N2c4ccc(C#N)cc4CC12)C(=O)c1ccccc1C3=O. The summed E-state index contributed by atoms with van der Waals surface area (Å²) in [6.45, 7) is 0. The van der Waals surface area contributed by atoms with Crippen molar-refractivity contribution in [2.24, 2.45) is 0 Å². The van der Waals surface area contributed by atoms with E-state index in [1.165, 1.54) is 0 Å². The Hall–Kier alpha value is -3.91. The van der Waals surface area contributed by atoms with Crippen molar-refractivity contribution < 1.29 is 9.59 Å². The number of carbonyl (C=O) groups is 2. The normalized spacial score (nSPS) is 18.0. The van der Waals surface area contributed by atoms with E-state index in [0.717, 1.165) is 29.0 Å². The molecule has 2 heterocycles. The quantitative estimate of drug-likeness (QED) is 0.466. The maximum atomic E-state index is 13.1. The molecule has 0 fully saturated rings. The van der Waals surface area contributed by atoms with Gasteiger partial charge < -0.3 is 9.80 Å². The van der Waals surface area contributed by atoms with Gasteiger partial charge in [0.15, 0.2) is 11.6 Å². The molecule has 29 heavy (non-hydrogen) atoms. The van der Waals surface area contributed by atoms with Gasteiger partial charge in [-0.3, -0.25) is 9.59 Å². The van der Waals surface area contributed by atoms with Crippen molar-refractivity contribution in [2.45, 2.75) is 12.6 Å². The highest BCUT2D eigenvalue weighted by molar-refractivity contribution is 6.29. The van der Waals surface area contributed by atoms with Gasteiger partial charge in [0.1, 0.15) is 6.17 Å². The predicted molar refractivity (Wildman–Crippen MR) is 109 cm³/mol. The summed E-state index contributed by atoms with van der Waals surface area (Å²) in [5.41, 5.74) is 6.57. The summed E-state index contributed by atoms with van der Waals surface area (Å²) < 4.78 is 0. The van der Waals surface area contributed by atoms with E-state index < -0.39 is 0 Å². The van der Waals surface area contributed by atoms with Crippen molar-refractivity contribution in [2.75, 3.05) is 16.8 Å². The third kappa shape index (κ3) is 1.93. The summed E-state index contributed by atoms with van der Waals surface area (Å²) in [6.07, 6.45) is 0.855. The first-order valence-corrected chi connectivity index (χ1v) is 9.50. The van der Waals surface area contributed by atoms with E-state index in [2.05, 4.69) is 15.9 Å². The number of rotatable bonds is 0. The molecule has 5 nitrogen and oxygen atoms in total. The largest absolute Gasteiger partial charge is 0.352 e. The van der Waals surface area contributed by atoms with Crippen molar-refractivity contribution in [3.8, 4) is 6.07 Å². The standard InChI is InChI=1S/C24H15N3O2/c1-26-20-10-17-18(24(29)16-5-3-2-4-15(16)23(17)28)11-21(20)27-19-7-6-13(12-25)8-14(19)9-22(26)27/h2-8,10-11,22H,9H2,1H3. The molecule has 2 aliphatic heterocycles. The average Bonchev–Trinajstić information content (AvgIpc) is 3.26. The molecule has 138 valence electrons. The van der Waals surface area contributed by atoms with Gasteiger partial charge in [0, 0.05) is 41.4 Å². The number of hydrogen-bond acceptors (Lipinski definition) is 5. The van der Waals surface area contributed by atoms with Crippen LogP contribution in [-0.2, 0) is 6.42 Å². The molecule has 0 amide bonds. The lowest BCUT2D eigenvalue weighted by Gasteiger charge is -2.23. The van der Waals surface area contributed by atoms with Gasteiger partial charge in [-0.2, -0.15) is 5.26 Å². The van der Waals surface area contributed by atoms with E-state index in [4.69, 9.17) is 0 Å². The van der Waals surface area contributed by atoms with Crippen molar-refractivity contribution in [1.82, 2.24) is 0 Å². The van der Waals surface area contributed by atoms with E-state index in [-0.39, 0.29) is 17.7 Å². The van der Waals surface area contributed by atoms with Crippen LogP contribution in [0.15, 0.2) is 54.6 Å². The smallest absolute Gasteiger partial charge is 0.194 e. The van der Waals surface area contributed by atoms with Crippen LogP contribution < -0.4 is 9.80 Å². The Kier molecular flexibility index (Phi) is 2.96. The molecule has 0 spiro atoms. The van der Waals surface area contributed by atoms with Gasteiger partial charge >= 0.3 is 0 Å². The van der Waals surface area contributed by atoms with Crippen LogP contribution >= 0.6 is 0 Å². The van der Waals surface area contributed by atoms with Crippen LogP contribution in [0.4, 0.5) is 17.1 Å². The Bertz CT molecular complexity index is 1320. The molecule has 3 aliphatic rings. The minimum absolute atomic E-state index is 0.0744. The van der Waals surface area contributed by atoms with E-state index in [0.29, 0.717) is 27.8 Å². The van der Waals surface area contributed by atoms with Crippen LogP contribution in [0, 0.1) is 11.3 Å². The topological polar surface area (TPSA) is 64.4 Å². The maximum Gasteiger partial charge on any atom is 0.194 e. The first-order chi connectivity index (χ1) is 14.1. The molecule has 1 unspecified atom stereocenters. The van der Waals surface area contributed by atoms with E-state index in [1.807, 2.05) is 37.4 Å². The summed E-state index contributed by atoms with van der Waals surface area (Å²) in [4.78, 5) is 30.6. The predicted octanol–water partition coefficient (Wildman–Crippen LogP) is 3.80. The van der Waals surface area contributed by atoms with Gasteiger partial charge in [-0.1, -0.05) is 24.3 Å². The number of nitrogens with zero attached hydrogens (tertiary/aromatic N) is 3. The Morgan fingerprint density at radius 2 is 1.52 bits per heavy atom. The fraction of sp³-hybridized carbons (Fsp3) is 0.125. The summed E-state index contributed by atoms with van der Waals surface area (Å²) in [7, 11) is 2.01. The number of likely N-dealkylation sites (N-methyl/N-ethyl adjacent to an activating group) is 1. The van der Waals surface area contributed by atoms with Crippen LogP contribution in [-0.4, -0.2) is 24.8 Å². The van der Waals surface area contributed by atoms with Crippen LogP contribution in [0.25, 0.3) is 0 Å². The van der Waals surface area contributed by atoms with Crippen LogP contribution in [0.5, 0.6) is 0 Å². The third-order valence-corrected chi connectivity index (χ3v) is 6.28. The lowest BCUT2D eigenvalue weighted by molar-refractivity contribution is 0.0979. The van der Waals surface area contributed by atoms with Gasteiger partial charge in [0.05, 0.1) is 23.0 Å². The molecule has 0 saturated heterocycles.